The van der Waals surface area contributed by atoms with Gasteiger partial charge in [0.1, 0.15) is 0 Å². The first-order valence-corrected chi connectivity index (χ1v) is 7.89. The third-order valence-corrected chi connectivity index (χ3v) is 4.02. The highest BCUT2D eigenvalue weighted by atomic mass is 35.5. The number of fused-ring (bicyclic) bond motifs is 1. The van der Waals surface area contributed by atoms with Crippen LogP contribution in [-0.4, -0.2) is 9.97 Å². The summed E-state index contributed by atoms with van der Waals surface area (Å²) in [5.74, 6) is 0.866. The van der Waals surface area contributed by atoms with Gasteiger partial charge in [-0.25, -0.2) is 4.98 Å². The number of aromatic nitrogens is 2. The number of hydrogen-bond donors (Lipinski definition) is 1. The van der Waals surface area contributed by atoms with E-state index < -0.39 is 0 Å². The van der Waals surface area contributed by atoms with Crippen LogP contribution in [-0.2, 0) is 0 Å². The molecule has 0 bridgehead atoms. The van der Waals surface area contributed by atoms with Crippen molar-refractivity contribution in [2.75, 3.05) is 0 Å². The standard InChI is InChI=1S/C19H17ClN2O/c1-12(2)14-9-7-13(8-10-14)11-16(20)18-21-17-6-4-3-5-15(17)19(23)22-18/h3-12H,1-2H3,(H,21,22,23)/b16-11-. The first kappa shape index (κ1) is 15.5. The maximum Gasteiger partial charge on any atom is 0.259 e. The molecule has 0 saturated carbocycles. The van der Waals surface area contributed by atoms with Crippen molar-refractivity contribution in [3.05, 3.63) is 75.8 Å². The van der Waals surface area contributed by atoms with Crippen molar-refractivity contribution in [2.24, 2.45) is 0 Å². The van der Waals surface area contributed by atoms with E-state index in [1.807, 2.05) is 24.3 Å². The van der Waals surface area contributed by atoms with E-state index in [4.69, 9.17) is 11.6 Å². The fourth-order valence-corrected chi connectivity index (χ4v) is 2.61. The molecule has 23 heavy (non-hydrogen) atoms. The van der Waals surface area contributed by atoms with Crippen LogP contribution in [0.3, 0.4) is 0 Å². The van der Waals surface area contributed by atoms with E-state index in [0.717, 1.165) is 5.56 Å². The minimum Gasteiger partial charge on any atom is -0.305 e. The zero-order valence-electron chi connectivity index (χ0n) is 13.0. The van der Waals surface area contributed by atoms with E-state index in [9.17, 15) is 4.79 Å². The van der Waals surface area contributed by atoms with Crippen LogP contribution in [0.1, 0.15) is 36.7 Å². The lowest BCUT2D eigenvalue weighted by Gasteiger charge is -2.05. The fraction of sp³-hybridized carbons (Fsp3) is 0.158. The Morgan fingerprint density at radius 2 is 1.83 bits per heavy atom. The number of nitrogens with one attached hydrogen (secondary N) is 1. The number of halogens is 1. The minimum atomic E-state index is -0.188. The van der Waals surface area contributed by atoms with Crippen molar-refractivity contribution in [3.8, 4) is 0 Å². The summed E-state index contributed by atoms with van der Waals surface area (Å²) < 4.78 is 0. The molecule has 0 aliphatic rings. The molecular formula is C19H17ClN2O. The van der Waals surface area contributed by atoms with Crippen molar-refractivity contribution in [1.29, 1.82) is 0 Å². The minimum absolute atomic E-state index is 0.188. The van der Waals surface area contributed by atoms with Gasteiger partial charge in [-0.3, -0.25) is 4.79 Å². The zero-order valence-corrected chi connectivity index (χ0v) is 13.8. The SMILES string of the molecule is CC(C)c1ccc(/C=C(\Cl)c2nc3ccccc3c(=O)[nH]2)cc1. The molecule has 0 atom stereocenters. The largest absolute Gasteiger partial charge is 0.305 e. The highest BCUT2D eigenvalue weighted by molar-refractivity contribution is 6.50. The Labute approximate surface area is 139 Å². The van der Waals surface area contributed by atoms with Crippen molar-refractivity contribution in [2.45, 2.75) is 19.8 Å². The van der Waals surface area contributed by atoms with Crippen LogP contribution in [0.2, 0.25) is 0 Å². The molecular weight excluding hydrogens is 308 g/mol. The molecule has 4 heteroatoms. The van der Waals surface area contributed by atoms with Gasteiger partial charge in [0, 0.05) is 0 Å². The molecule has 1 aromatic heterocycles. The number of hydrogen-bond acceptors (Lipinski definition) is 2. The quantitative estimate of drug-likeness (QED) is 0.753. The van der Waals surface area contributed by atoms with E-state index in [-0.39, 0.29) is 5.56 Å². The molecule has 3 nitrogen and oxygen atoms in total. The zero-order chi connectivity index (χ0) is 16.4. The Morgan fingerprint density at radius 3 is 2.52 bits per heavy atom. The lowest BCUT2D eigenvalue weighted by molar-refractivity contribution is 0.866. The van der Waals surface area contributed by atoms with Gasteiger partial charge in [0.25, 0.3) is 5.56 Å². The summed E-state index contributed by atoms with van der Waals surface area (Å²) in [6.07, 6.45) is 1.80. The summed E-state index contributed by atoms with van der Waals surface area (Å²) in [7, 11) is 0. The van der Waals surface area contributed by atoms with Crippen molar-refractivity contribution in [3.63, 3.8) is 0 Å². The predicted octanol–water partition coefficient (Wildman–Crippen LogP) is 4.78. The van der Waals surface area contributed by atoms with E-state index in [0.29, 0.717) is 27.7 Å². The Hall–Kier alpha value is -2.39. The fourth-order valence-electron chi connectivity index (χ4n) is 2.39. The Bertz CT molecular complexity index is 924. The molecule has 0 fully saturated rings. The van der Waals surface area contributed by atoms with E-state index >= 15 is 0 Å². The lowest BCUT2D eigenvalue weighted by Crippen LogP contribution is -2.10. The normalized spacial score (nSPS) is 12.1. The first-order valence-electron chi connectivity index (χ1n) is 7.51. The topological polar surface area (TPSA) is 45.8 Å². The molecule has 3 aromatic rings. The van der Waals surface area contributed by atoms with Crippen LogP contribution in [0.5, 0.6) is 0 Å². The first-order chi connectivity index (χ1) is 11.0. The molecule has 0 aliphatic heterocycles. The summed E-state index contributed by atoms with van der Waals surface area (Å²) >= 11 is 6.34. The van der Waals surface area contributed by atoms with Gasteiger partial charge in [-0.1, -0.05) is 61.8 Å². The summed E-state index contributed by atoms with van der Waals surface area (Å²) in [5.41, 5.74) is 2.69. The second kappa shape index (κ2) is 6.39. The summed E-state index contributed by atoms with van der Waals surface area (Å²) in [4.78, 5) is 19.2. The molecule has 0 aliphatic carbocycles. The molecule has 0 radical (unpaired) electrons. The predicted molar refractivity (Wildman–Crippen MR) is 96.6 cm³/mol. The van der Waals surface area contributed by atoms with Crippen LogP contribution in [0.4, 0.5) is 0 Å². The van der Waals surface area contributed by atoms with E-state index in [2.05, 4.69) is 35.9 Å². The Balaban J connectivity index is 1.99. The van der Waals surface area contributed by atoms with Crippen LogP contribution in [0.15, 0.2) is 53.3 Å². The molecule has 0 saturated heterocycles. The molecule has 0 amide bonds. The van der Waals surface area contributed by atoms with Crippen LogP contribution in [0, 0.1) is 0 Å². The van der Waals surface area contributed by atoms with Crippen molar-refractivity contribution in [1.82, 2.24) is 9.97 Å². The summed E-state index contributed by atoms with van der Waals surface area (Å²) in [5, 5.41) is 0.965. The molecule has 2 aromatic carbocycles. The Kier molecular flexibility index (Phi) is 4.30. The highest BCUT2D eigenvalue weighted by Gasteiger charge is 2.06. The number of benzene rings is 2. The molecule has 0 unspecified atom stereocenters. The third-order valence-electron chi connectivity index (χ3n) is 3.74. The number of para-hydroxylation sites is 1. The van der Waals surface area contributed by atoms with Gasteiger partial charge in [-0.05, 0) is 35.3 Å². The summed E-state index contributed by atoms with van der Waals surface area (Å²) in [6.45, 7) is 4.31. The maximum atomic E-state index is 12.1. The van der Waals surface area contributed by atoms with Crippen LogP contribution < -0.4 is 5.56 Å². The Morgan fingerprint density at radius 1 is 1.13 bits per heavy atom. The van der Waals surface area contributed by atoms with Gasteiger partial charge in [0.2, 0.25) is 0 Å². The van der Waals surface area contributed by atoms with Crippen LogP contribution >= 0.6 is 11.6 Å². The van der Waals surface area contributed by atoms with Crippen molar-refractivity contribution >= 4 is 33.6 Å². The summed E-state index contributed by atoms with van der Waals surface area (Å²) in [6, 6.07) is 15.4. The molecule has 1 N–H and O–H groups in total. The highest BCUT2D eigenvalue weighted by Crippen LogP contribution is 2.21. The van der Waals surface area contributed by atoms with Crippen LogP contribution in [0.25, 0.3) is 22.0 Å². The number of aromatic amines is 1. The molecule has 3 rings (SSSR count). The molecule has 0 spiro atoms. The molecule has 1 heterocycles. The third kappa shape index (κ3) is 3.35. The van der Waals surface area contributed by atoms with Gasteiger partial charge in [0.05, 0.1) is 15.9 Å². The smallest absolute Gasteiger partial charge is 0.259 e. The second-order valence-electron chi connectivity index (χ2n) is 5.75. The average molecular weight is 325 g/mol. The van der Waals surface area contributed by atoms with E-state index in [1.165, 1.54) is 5.56 Å². The lowest BCUT2D eigenvalue weighted by atomic mass is 10.0. The van der Waals surface area contributed by atoms with Gasteiger partial charge < -0.3 is 4.98 Å². The average Bonchev–Trinajstić information content (AvgIpc) is 2.55. The van der Waals surface area contributed by atoms with E-state index in [1.54, 1.807) is 18.2 Å². The number of H-pyrrole nitrogens is 1. The number of nitrogens with zero attached hydrogens (tertiary/aromatic N) is 1. The number of rotatable bonds is 3. The van der Waals surface area contributed by atoms with Gasteiger partial charge in [-0.15, -0.1) is 0 Å². The van der Waals surface area contributed by atoms with Crippen molar-refractivity contribution < 1.29 is 0 Å². The monoisotopic (exact) mass is 324 g/mol. The second-order valence-corrected chi connectivity index (χ2v) is 6.15. The maximum absolute atomic E-state index is 12.1. The molecule has 116 valence electrons. The van der Waals surface area contributed by atoms with Gasteiger partial charge in [-0.2, -0.15) is 0 Å². The van der Waals surface area contributed by atoms with Gasteiger partial charge in [0.15, 0.2) is 5.82 Å². The van der Waals surface area contributed by atoms with Gasteiger partial charge >= 0.3 is 0 Å².